The van der Waals surface area contributed by atoms with Crippen LogP contribution in [-0.2, 0) is 24.0 Å². The lowest BCUT2D eigenvalue weighted by molar-refractivity contribution is 0.122. The highest BCUT2D eigenvalue weighted by atomic mass is 16.5. The number of urea groups is 1. The maximum absolute atomic E-state index is 13.0. The van der Waals surface area contributed by atoms with Crippen LogP contribution < -0.4 is 15.1 Å². The van der Waals surface area contributed by atoms with Crippen molar-refractivity contribution in [1.29, 1.82) is 0 Å². The van der Waals surface area contributed by atoms with E-state index in [1.54, 1.807) is 0 Å². The van der Waals surface area contributed by atoms with Crippen molar-refractivity contribution in [3.63, 3.8) is 0 Å². The lowest BCUT2D eigenvalue weighted by Crippen LogP contribution is -2.38. The van der Waals surface area contributed by atoms with E-state index in [9.17, 15) is 4.79 Å². The number of aryl methyl sites for hydroxylation is 1. The molecule has 0 radical (unpaired) electrons. The number of hydrogen-bond donors (Lipinski definition) is 1. The van der Waals surface area contributed by atoms with Gasteiger partial charge in [0, 0.05) is 57.9 Å². The van der Waals surface area contributed by atoms with Crippen LogP contribution in [0.4, 0.5) is 22.2 Å². The molecule has 1 saturated heterocycles. The highest BCUT2D eigenvalue weighted by Crippen LogP contribution is 2.27. The quantitative estimate of drug-likeness (QED) is 0.813. The maximum Gasteiger partial charge on any atom is 0.321 e. The van der Waals surface area contributed by atoms with Gasteiger partial charge in [-0.05, 0) is 24.5 Å². The number of anilines is 3. The van der Waals surface area contributed by atoms with Crippen LogP contribution in [0.5, 0.6) is 0 Å². The molecule has 0 bridgehead atoms. The van der Waals surface area contributed by atoms with E-state index in [0.29, 0.717) is 26.3 Å². The van der Waals surface area contributed by atoms with E-state index in [-0.39, 0.29) is 6.03 Å². The highest BCUT2D eigenvalue weighted by molar-refractivity contribution is 5.90. The zero-order valence-corrected chi connectivity index (χ0v) is 18.7. The van der Waals surface area contributed by atoms with E-state index in [4.69, 9.17) is 14.7 Å². The van der Waals surface area contributed by atoms with E-state index in [2.05, 4.69) is 28.1 Å². The summed E-state index contributed by atoms with van der Waals surface area (Å²) in [4.78, 5) is 28.9. The van der Waals surface area contributed by atoms with Crippen LogP contribution in [0.2, 0.25) is 0 Å². The Kier molecular flexibility index (Phi) is 6.56. The van der Waals surface area contributed by atoms with Crippen molar-refractivity contribution in [1.82, 2.24) is 14.9 Å². The molecular weight excluding hydrogens is 392 g/mol. The number of ether oxygens (including phenoxy) is 1. The zero-order valence-electron chi connectivity index (χ0n) is 18.7. The van der Waals surface area contributed by atoms with Crippen molar-refractivity contribution in [3.05, 3.63) is 41.1 Å². The van der Waals surface area contributed by atoms with Gasteiger partial charge in [-0.3, -0.25) is 0 Å². The fraction of sp³-hybridized carbons (Fsp3) is 0.522. The zero-order chi connectivity index (χ0) is 21.8. The van der Waals surface area contributed by atoms with Crippen LogP contribution in [-0.4, -0.2) is 74.4 Å². The maximum atomic E-state index is 13.0. The van der Waals surface area contributed by atoms with Gasteiger partial charge in [0.1, 0.15) is 5.82 Å². The van der Waals surface area contributed by atoms with E-state index >= 15 is 0 Å². The summed E-state index contributed by atoms with van der Waals surface area (Å²) >= 11 is 0. The van der Waals surface area contributed by atoms with Crippen molar-refractivity contribution < 1.29 is 9.53 Å². The average molecular weight is 425 g/mol. The van der Waals surface area contributed by atoms with Crippen LogP contribution in [0.15, 0.2) is 24.3 Å². The number of nitrogens with one attached hydrogen (secondary N) is 1. The Hall–Kier alpha value is -2.87. The number of para-hydroxylation sites is 1. The second kappa shape index (κ2) is 9.51. The Morgan fingerprint density at radius 1 is 1.10 bits per heavy atom. The van der Waals surface area contributed by atoms with E-state index in [0.717, 1.165) is 66.6 Å². The molecule has 1 aromatic heterocycles. The summed E-state index contributed by atoms with van der Waals surface area (Å²) in [6.07, 6.45) is 2.35. The summed E-state index contributed by atoms with van der Waals surface area (Å²) in [5.74, 6) is 1.71. The fourth-order valence-corrected chi connectivity index (χ4v) is 4.19. The molecule has 166 valence electrons. The van der Waals surface area contributed by atoms with Gasteiger partial charge in [0.05, 0.1) is 18.9 Å². The van der Waals surface area contributed by atoms with Crippen molar-refractivity contribution in [2.45, 2.75) is 26.2 Å². The summed E-state index contributed by atoms with van der Waals surface area (Å²) < 4.78 is 5.48. The number of fused-ring (bicyclic) bond motifs is 1. The number of aromatic nitrogens is 2. The lowest BCUT2D eigenvalue weighted by Gasteiger charge is -2.28. The summed E-state index contributed by atoms with van der Waals surface area (Å²) in [5.41, 5.74) is 4.22. The fourth-order valence-electron chi connectivity index (χ4n) is 4.19. The van der Waals surface area contributed by atoms with Gasteiger partial charge in [0.25, 0.3) is 0 Å². The van der Waals surface area contributed by atoms with Gasteiger partial charge >= 0.3 is 6.03 Å². The SMILES string of the molecule is CCc1ccccc1NC(=O)N1CCc2nc(N3CCOCC3)nc(N(C)C)c2CC1. The van der Waals surface area contributed by atoms with Crippen LogP contribution in [0.3, 0.4) is 0 Å². The normalized spacial score (nSPS) is 16.5. The third-order valence-corrected chi connectivity index (χ3v) is 5.95. The third kappa shape index (κ3) is 4.74. The second-order valence-electron chi connectivity index (χ2n) is 8.19. The van der Waals surface area contributed by atoms with Gasteiger partial charge in [-0.15, -0.1) is 0 Å². The number of rotatable bonds is 4. The predicted octanol–water partition coefficient (Wildman–Crippen LogP) is 2.57. The minimum absolute atomic E-state index is 0.0542. The predicted molar refractivity (Wildman–Crippen MR) is 123 cm³/mol. The minimum Gasteiger partial charge on any atom is -0.378 e. The largest absolute Gasteiger partial charge is 0.378 e. The van der Waals surface area contributed by atoms with Gasteiger partial charge in [-0.25, -0.2) is 9.78 Å². The van der Waals surface area contributed by atoms with E-state index in [1.807, 2.05) is 37.2 Å². The first-order chi connectivity index (χ1) is 15.1. The Morgan fingerprint density at radius 3 is 2.58 bits per heavy atom. The molecule has 2 aliphatic rings. The third-order valence-electron chi connectivity index (χ3n) is 5.95. The molecule has 31 heavy (non-hydrogen) atoms. The first kappa shape index (κ1) is 21.4. The van der Waals surface area contributed by atoms with Gasteiger partial charge in [-0.2, -0.15) is 4.98 Å². The van der Waals surface area contributed by atoms with Crippen molar-refractivity contribution in [2.24, 2.45) is 0 Å². The number of hydrogen-bond acceptors (Lipinski definition) is 6. The minimum atomic E-state index is -0.0542. The first-order valence-corrected chi connectivity index (χ1v) is 11.1. The molecule has 8 nitrogen and oxygen atoms in total. The molecule has 2 aromatic rings. The molecule has 2 aliphatic heterocycles. The summed E-state index contributed by atoms with van der Waals surface area (Å²) in [6, 6.07) is 7.93. The van der Waals surface area contributed by atoms with E-state index < -0.39 is 0 Å². The first-order valence-electron chi connectivity index (χ1n) is 11.1. The molecule has 0 aliphatic carbocycles. The summed E-state index contributed by atoms with van der Waals surface area (Å²) in [5, 5.41) is 3.10. The summed E-state index contributed by atoms with van der Waals surface area (Å²) in [7, 11) is 4.03. The molecule has 1 aromatic carbocycles. The smallest absolute Gasteiger partial charge is 0.321 e. The van der Waals surface area contributed by atoms with Crippen molar-refractivity contribution >= 4 is 23.5 Å². The number of carbonyl (C=O) groups is 1. The molecule has 2 amide bonds. The number of benzene rings is 1. The topological polar surface area (TPSA) is 73.8 Å². The van der Waals surface area contributed by atoms with Gasteiger partial charge in [0.2, 0.25) is 5.95 Å². The molecule has 3 heterocycles. The van der Waals surface area contributed by atoms with Gasteiger partial charge in [0.15, 0.2) is 0 Å². The molecule has 1 N–H and O–H groups in total. The molecule has 8 heteroatoms. The van der Waals surface area contributed by atoms with Crippen molar-refractivity contribution in [3.8, 4) is 0 Å². The van der Waals surface area contributed by atoms with Gasteiger partial charge in [-0.1, -0.05) is 25.1 Å². The molecule has 0 spiro atoms. The Bertz CT molecular complexity index is 926. The molecule has 4 rings (SSSR count). The van der Waals surface area contributed by atoms with Crippen LogP contribution >= 0.6 is 0 Å². The van der Waals surface area contributed by atoms with Crippen LogP contribution in [0.25, 0.3) is 0 Å². The Morgan fingerprint density at radius 2 is 1.84 bits per heavy atom. The van der Waals surface area contributed by atoms with Crippen LogP contribution in [0.1, 0.15) is 23.7 Å². The number of amides is 2. The molecule has 1 fully saturated rings. The second-order valence-corrected chi connectivity index (χ2v) is 8.19. The molecule has 0 saturated carbocycles. The average Bonchev–Trinajstić information content (AvgIpc) is 3.02. The summed E-state index contributed by atoms with van der Waals surface area (Å²) in [6.45, 7) is 6.39. The molecule has 0 atom stereocenters. The monoisotopic (exact) mass is 424 g/mol. The van der Waals surface area contributed by atoms with E-state index in [1.165, 1.54) is 0 Å². The number of carbonyl (C=O) groups excluding carboxylic acids is 1. The lowest BCUT2D eigenvalue weighted by atomic mass is 10.1. The number of nitrogens with zero attached hydrogens (tertiary/aromatic N) is 5. The number of morpholine rings is 1. The Labute approximate surface area is 184 Å². The van der Waals surface area contributed by atoms with Crippen molar-refractivity contribution in [2.75, 3.05) is 68.6 Å². The van der Waals surface area contributed by atoms with Gasteiger partial charge < -0.3 is 24.8 Å². The molecular formula is C23H32N6O2. The van der Waals surface area contributed by atoms with Crippen LogP contribution in [0, 0.1) is 0 Å². The highest BCUT2D eigenvalue weighted by Gasteiger charge is 2.25. The Balaban J connectivity index is 1.53. The standard InChI is InChI=1S/C23H32N6O2/c1-4-17-7-5-6-8-19(17)25-23(30)29-11-9-18-20(10-12-29)24-22(26-21(18)27(2)3)28-13-15-31-16-14-28/h5-8H,4,9-16H2,1-3H3,(H,25,30). The molecule has 0 unspecified atom stereocenters.